The number of nitrogens with one attached hydrogen (secondary N) is 1. The van der Waals surface area contributed by atoms with E-state index >= 15 is 0 Å². The van der Waals surface area contributed by atoms with Crippen molar-refractivity contribution in [3.8, 4) is 0 Å². The van der Waals surface area contributed by atoms with Crippen molar-refractivity contribution in [1.29, 1.82) is 0 Å². The number of hydrazine groups is 1. The largest absolute Gasteiger partial charge is 0.271 e. The summed E-state index contributed by atoms with van der Waals surface area (Å²) in [5, 5.41) is 1.06. The molecule has 3 N–H and O–H groups in total. The first-order valence-electron chi connectivity index (χ1n) is 5.60. The van der Waals surface area contributed by atoms with Gasteiger partial charge in [-0.25, -0.2) is 5.43 Å². The van der Waals surface area contributed by atoms with Gasteiger partial charge in [0.05, 0.1) is 16.1 Å². The molecule has 0 radical (unpaired) electrons. The number of hydrogen-bond acceptors (Lipinski definition) is 2. The molecule has 4 heteroatoms. The Morgan fingerprint density at radius 3 is 2.33 bits per heavy atom. The van der Waals surface area contributed by atoms with Gasteiger partial charge in [-0.2, -0.15) is 0 Å². The van der Waals surface area contributed by atoms with Crippen LogP contribution in [0.4, 0.5) is 0 Å². The maximum atomic E-state index is 6.22. The van der Waals surface area contributed by atoms with Crippen molar-refractivity contribution in [2.45, 2.75) is 13.0 Å². The molecule has 94 valence electrons. The molecule has 0 aromatic heterocycles. The van der Waals surface area contributed by atoms with Gasteiger partial charge in [0.25, 0.3) is 0 Å². The Balaban J connectivity index is 2.45. The van der Waals surface area contributed by atoms with E-state index in [2.05, 4.69) is 5.43 Å². The van der Waals surface area contributed by atoms with Crippen molar-refractivity contribution in [1.82, 2.24) is 5.43 Å². The average Bonchev–Trinajstić information content (AvgIpc) is 2.37. The number of halogens is 2. The minimum Gasteiger partial charge on any atom is -0.271 e. The van der Waals surface area contributed by atoms with E-state index in [0.717, 1.165) is 11.1 Å². The summed E-state index contributed by atoms with van der Waals surface area (Å²) in [5.41, 5.74) is 5.90. The van der Waals surface area contributed by atoms with Crippen LogP contribution in [0.15, 0.2) is 42.5 Å². The summed E-state index contributed by atoms with van der Waals surface area (Å²) in [4.78, 5) is 0. The lowest BCUT2D eigenvalue weighted by atomic mass is 9.98. The summed E-state index contributed by atoms with van der Waals surface area (Å²) in [6.07, 6.45) is 0. The number of benzene rings is 2. The highest BCUT2D eigenvalue weighted by Crippen LogP contribution is 2.32. The highest BCUT2D eigenvalue weighted by molar-refractivity contribution is 6.42. The minimum atomic E-state index is -0.170. The highest BCUT2D eigenvalue weighted by Gasteiger charge is 2.16. The van der Waals surface area contributed by atoms with Crippen molar-refractivity contribution in [3.05, 3.63) is 69.2 Å². The normalized spacial score (nSPS) is 12.4. The number of hydrogen-bond donors (Lipinski definition) is 2. The topological polar surface area (TPSA) is 38.0 Å². The molecule has 0 amide bonds. The summed E-state index contributed by atoms with van der Waals surface area (Å²) >= 11 is 12.2. The van der Waals surface area contributed by atoms with Crippen LogP contribution in [0.3, 0.4) is 0 Å². The predicted octanol–water partition coefficient (Wildman–Crippen LogP) is 3.85. The van der Waals surface area contributed by atoms with Gasteiger partial charge >= 0.3 is 0 Å². The zero-order valence-corrected chi connectivity index (χ0v) is 11.5. The van der Waals surface area contributed by atoms with Crippen molar-refractivity contribution in [2.24, 2.45) is 5.84 Å². The zero-order chi connectivity index (χ0) is 13.1. The Kier molecular flexibility index (Phi) is 4.25. The molecular weight excluding hydrogens is 267 g/mol. The zero-order valence-electron chi connectivity index (χ0n) is 9.95. The summed E-state index contributed by atoms with van der Waals surface area (Å²) in [6.45, 7) is 2.04. The summed E-state index contributed by atoms with van der Waals surface area (Å²) in [7, 11) is 0. The lowest BCUT2D eigenvalue weighted by Crippen LogP contribution is -2.29. The van der Waals surface area contributed by atoms with E-state index in [-0.39, 0.29) is 6.04 Å². The molecule has 0 saturated carbocycles. The monoisotopic (exact) mass is 280 g/mol. The lowest BCUT2D eigenvalue weighted by molar-refractivity contribution is 0.637. The fourth-order valence-electron chi connectivity index (χ4n) is 1.87. The van der Waals surface area contributed by atoms with E-state index in [9.17, 15) is 0 Å². The van der Waals surface area contributed by atoms with Gasteiger partial charge in [0.15, 0.2) is 0 Å². The average molecular weight is 281 g/mol. The van der Waals surface area contributed by atoms with Crippen LogP contribution in [0.5, 0.6) is 0 Å². The molecule has 0 fully saturated rings. The van der Waals surface area contributed by atoms with E-state index in [1.807, 2.05) is 43.3 Å². The molecule has 0 spiro atoms. The first-order chi connectivity index (χ1) is 8.63. The fraction of sp³-hybridized carbons (Fsp3) is 0.143. The Hall–Kier alpha value is -1.06. The molecule has 0 aliphatic carbocycles. The van der Waals surface area contributed by atoms with Crippen LogP contribution in [0.2, 0.25) is 10.0 Å². The Morgan fingerprint density at radius 2 is 1.72 bits per heavy atom. The molecule has 2 rings (SSSR count). The summed E-state index contributed by atoms with van der Waals surface area (Å²) < 4.78 is 0. The van der Waals surface area contributed by atoms with Crippen molar-refractivity contribution >= 4 is 23.2 Å². The van der Waals surface area contributed by atoms with Gasteiger partial charge in [0, 0.05) is 0 Å². The molecule has 0 saturated heterocycles. The third kappa shape index (κ3) is 2.68. The van der Waals surface area contributed by atoms with Crippen LogP contribution in [-0.4, -0.2) is 0 Å². The van der Waals surface area contributed by atoms with E-state index in [1.54, 1.807) is 6.07 Å². The maximum absolute atomic E-state index is 6.22. The Labute approximate surface area is 117 Å². The molecule has 0 aliphatic heterocycles. The summed E-state index contributed by atoms with van der Waals surface area (Å²) in [6, 6.07) is 13.5. The third-order valence-corrected chi connectivity index (χ3v) is 3.70. The quantitative estimate of drug-likeness (QED) is 0.662. The van der Waals surface area contributed by atoms with Crippen LogP contribution in [-0.2, 0) is 0 Å². The molecule has 0 heterocycles. The number of aryl methyl sites for hydroxylation is 1. The SMILES string of the molecule is Cc1ccc(C(NN)c2cccc(Cl)c2Cl)cc1. The highest BCUT2D eigenvalue weighted by atomic mass is 35.5. The minimum absolute atomic E-state index is 0.170. The van der Waals surface area contributed by atoms with Gasteiger partial charge in [0.2, 0.25) is 0 Å². The second kappa shape index (κ2) is 5.72. The molecule has 18 heavy (non-hydrogen) atoms. The number of rotatable bonds is 3. The van der Waals surface area contributed by atoms with Crippen LogP contribution < -0.4 is 11.3 Å². The first-order valence-corrected chi connectivity index (χ1v) is 6.35. The molecular formula is C14H14Cl2N2. The van der Waals surface area contributed by atoms with Crippen LogP contribution in [0, 0.1) is 6.92 Å². The lowest BCUT2D eigenvalue weighted by Gasteiger charge is -2.19. The predicted molar refractivity (Wildman–Crippen MR) is 76.8 cm³/mol. The molecule has 0 bridgehead atoms. The van der Waals surface area contributed by atoms with E-state index < -0.39 is 0 Å². The molecule has 2 nitrogen and oxygen atoms in total. The smallest absolute Gasteiger partial charge is 0.0725 e. The first kappa shape index (κ1) is 13.4. The Bertz CT molecular complexity index is 538. The van der Waals surface area contributed by atoms with Gasteiger partial charge in [-0.15, -0.1) is 0 Å². The van der Waals surface area contributed by atoms with Crippen LogP contribution in [0.25, 0.3) is 0 Å². The third-order valence-electron chi connectivity index (χ3n) is 2.87. The molecule has 1 unspecified atom stereocenters. The number of nitrogens with two attached hydrogens (primary N) is 1. The van der Waals surface area contributed by atoms with E-state index in [1.165, 1.54) is 5.56 Å². The standard InChI is InChI=1S/C14H14Cl2N2/c1-9-5-7-10(8-6-9)14(18-17)11-3-2-4-12(15)13(11)16/h2-8,14,18H,17H2,1H3. The van der Waals surface area contributed by atoms with Gasteiger partial charge < -0.3 is 0 Å². The van der Waals surface area contributed by atoms with Gasteiger partial charge in [-0.05, 0) is 24.1 Å². The van der Waals surface area contributed by atoms with Crippen molar-refractivity contribution in [2.75, 3.05) is 0 Å². The van der Waals surface area contributed by atoms with Crippen molar-refractivity contribution < 1.29 is 0 Å². The van der Waals surface area contributed by atoms with Crippen molar-refractivity contribution in [3.63, 3.8) is 0 Å². The summed E-state index contributed by atoms with van der Waals surface area (Å²) in [5.74, 6) is 5.64. The fourth-order valence-corrected chi connectivity index (χ4v) is 2.28. The van der Waals surface area contributed by atoms with Crippen LogP contribution >= 0.6 is 23.2 Å². The molecule has 1 atom stereocenters. The molecule has 0 aliphatic rings. The second-order valence-corrected chi connectivity index (χ2v) is 4.94. The van der Waals surface area contributed by atoms with E-state index in [4.69, 9.17) is 29.0 Å². The second-order valence-electron chi connectivity index (χ2n) is 4.15. The molecule has 2 aromatic carbocycles. The van der Waals surface area contributed by atoms with Gasteiger partial charge in [0.1, 0.15) is 0 Å². The Morgan fingerprint density at radius 1 is 1.06 bits per heavy atom. The van der Waals surface area contributed by atoms with Crippen LogP contribution in [0.1, 0.15) is 22.7 Å². The maximum Gasteiger partial charge on any atom is 0.0725 e. The van der Waals surface area contributed by atoms with Gasteiger partial charge in [-0.1, -0.05) is 65.2 Å². The van der Waals surface area contributed by atoms with E-state index in [0.29, 0.717) is 10.0 Å². The molecule has 2 aromatic rings. The van der Waals surface area contributed by atoms with Gasteiger partial charge in [-0.3, -0.25) is 5.84 Å².